The molecule has 0 bridgehead atoms. The van der Waals surface area contributed by atoms with Crippen LogP contribution < -0.4 is 0 Å². The number of aryl methyl sites for hydroxylation is 1. The van der Waals surface area contributed by atoms with E-state index in [2.05, 4.69) is 15.9 Å². The van der Waals surface area contributed by atoms with Crippen molar-refractivity contribution in [2.45, 2.75) is 6.92 Å². The van der Waals surface area contributed by atoms with E-state index in [1.807, 2.05) is 13.0 Å². The summed E-state index contributed by atoms with van der Waals surface area (Å²) in [6.45, 7) is 1.86. The zero-order valence-electron chi connectivity index (χ0n) is 4.99. The van der Waals surface area contributed by atoms with Crippen LogP contribution in [-0.2, 0) is 0 Å². The molecule has 2 heteroatoms. The lowest BCUT2D eigenvalue weighted by molar-refractivity contribution is 0.626. The highest BCUT2D eigenvalue weighted by molar-refractivity contribution is 9.10. The lowest BCUT2D eigenvalue weighted by Crippen LogP contribution is -1.75. The molecule has 0 N–H and O–H groups in total. The van der Waals surface area contributed by atoms with Crippen LogP contribution in [0.4, 0.5) is 4.39 Å². The molecular weight excluding hydrogens is 182 g/mol. The number of hydrogen-bond acceptors (Lipinski definition) is 0. The molecule has 0 saturated heterocycles. The Morgan fingerprint density at radius 2 is 2.00 bits per heavy atom. The minimum absolute atomic E-state index is 0.193. The molecule has 0 nitrogen and oxygen atoms in total. The molecule has 0 amide bonds. The molecule has 0 aliphatic rings. The van der Waals surface area contributed by atoms with Gasteiger partial charge in [-0.3, -0.25) is 0 Å². The SMILES string of the molecule is Cc1cc([18F])cc(Br)c1. The maximum atomic E-state index is 12.4. The summed E-state index contributed by atoms with van der Waals surface area (Å²) in [4.78, 5) is 0. The Hall–Kier alpha value is -0.370. The van der Waals surface area contributed by atoms with Gasteiger partial charge in [-0.1, -0.05) is 15.9 Å². The van der Waals surface area contributed by atoms with E-state index in [9.17, 15) is 4.39 Å². The molecule has 1 aromatic rings. The molecule has 0 heterocycles. The van der Waals surface area contributed by atoms with Gasteiger partial charge in [-0.05, 0) is 30.7 Å². The molecular formula is C7H6BrF. The van der Waals surface area contributed by atoms with Gasteiger partial charge in [-0.25, -0.2) is 4.39 Å². The van der Waals surface area contributed by atoms with Gasteiger partial charge in [-0.2, -0.15) is 0 Å². The van der Waals surface area contributed by atoms with Crippen LogP contribution in [0.3, 0.4) is 0 Å². The molecule has 0 unspecified atom stereocenters. The topological polar surface area (TPSA) is 0 Å². The fourth-order valence-corrected chi connectivity index (χ4v) is 1.27. The quantitative estimate of drug-likeness (QED) is 0.587. The molecule has 0 spiro atoms. The third kappa shape index (κ3) is 1.79. The third-order valence-corrected chi connectivity index (χ3v) is 1.46. The zero-order chi connectivity index (χ0) is 6.85. The van der Waals surface area contributed by atoms with Crippen molar-refractivity contribution in [3.8, 4) is 0 Å². The Balaban J connectivity index is 3.17. The molecule has 0 fully saturated rings. The summed E-state index contributed by atoms with van der Waals surface area (Å²) in [5, 5.41) is 0. The highest BCUT2D eigenvalue weighted by Gasteiger charge is 1.92. The minimum Gasteiger partial charge on any atom is -0.207 e. The van der Waals surface area contributed by atoms with Crippen LogP contribution in [0.5, 0.6) is 0 Å². The molecule has 0 aromatic heterocycles. The Labute approximate surface area is 61.8 Å². The highest BCUT2D eigenvalue weighted by Crippen LogP contribution is 2.13. The van der Waals surface area contributed by atoms with Crippen LogP contribution in [0.25, 0.3) is 0 Å². The van der Waals surface area contributed by atoms with Crippen molar-refractivity contribution in [1.82, 2.24) is 0 Å². The molecule has 9 heavy (non-hydrogen) atoms. The van der Waals surface area contributed by atoms with Crippen molar-refractivity contribution in [1.29, 1.82) is 0 Å². The van der Waals surface area contributed by atoms with Gasteiger partial charge >= 0.3 is 0 Å². The zero-order valence-corrected chi connectivity index (χ0v) is 6.57. The predicted molar refractivity (Wildman–Crippen MR) is 38.8 cm³/mol. The second kappa shape index (κ2) is 2.48. The number of hydrogen-bond donors (Lipinski definition) is 0. The van der Waals surface area contributed by atoms with Crippen LogP contribution in [0.2, 0.25) is 0 Å². The Morgan fingerprint density at radius 1 is 1.33 bits per heavy atom. The van der Waals surface area contributed by atoms with Crippen LogP contribution in [0.1, 0.15) is 5.56 Å². The largest absolute Gasteiger partial charge is 0.207 e. The molecule has 1 aromatic carbocycles. The summed E-state index contributed by atoms with van der Waals surface area (Å²) in [5.74, 6) is -0.193. The Bertz CT molecular complexity index is 170. The first-order valence-electron chi connectivity index (χ1n) is 2.61. The monoisotopic (exact) mass is 187 g/mol. The second-order valence-electron chi connectivity index (χ2n) is 1.95. The summed E-state index contributed by atoms with van der Waals surface area (Å²) < 4.78 is 13.2. The smallest absolute Gasteiger partial charge is 0.124 e. The van der Waals surface area contributed by atoms with Crippen molar-refractivity contribution in [3.63, 3.8) is 0 Å². The van der Waals surface area contributed by atoms with E-state index in [1.165, 1.54) is 12.1 Å². The van der Waals surface area contributed by atoms with E-state index in [1.54, 1.807) is 0 Å². The maximum absolute atomic E-state index is 12.4. The van der Waals surface area contributed by atoms with Crippen molar-refractivity contribution in [3.05, 3.63) is 34.1 Å². The van der Waals surface area contributed by atoms with Gasteiger partial charge in [-0.15, -0.1) is 0 Å². The third-order valence-electron chi connectivity index (χ3n) is 1.01. The first-order chi connectivity index (χ1) is 4.18. The summed E-state index contributed by atoms with van der Waals surface area (Å²) in [7, 11) is 0. The number of rotatable bonds is 0. The van der Waals surface area contributed by atoms with E-state index >= 15 is 0 Å². The fraction of sp³-hybridized carbons (Fsp3) is 0.143. The molecule has 0 radical (unpaired) electrons. The number of benzene rings is 1. The summed E-state index contributed by atoms with van der Waals surface area (Å²) in [6, 6.07) is 4.79. The molecule has 0 saturated carbocycles. The molecule has 1 rings (SSSR count). The Morgan fingerprint density at radius 3 is 2.44 bits per heavy atom. The van der Waals surface area contributed by atoms with Gasteiger partial charge in [0.15, 0.2) is 0 Å². The molecule has 0 aliphatic heterocycles. The first kappa shape index (κ1) is 6.75. The van der Waals surface area contributed by atoms with Gasteiger partial charge in [0.25, 0.3) is 0 Å². The van der Waals surface area contributed by atoms with Gasteiger partial charge in [0, 0.05) is 4.47 Å². The van der Waals surface area contributed by atoms with Gasteiger partial charge in [0.2, 0.25) is 0 Å². The van der Waals surface area contributed by atoms with Gasteiger partial charge < -0.3 is 0 Å². The van der Waals surface area contributed by atoms with Crippen molar-refractivity contribution in [2.75, 3.05) is 0 Å². The predicted octanol–water partition coefficient (Wildman–Crippen LogP) is 2.90. The standard InChI is InChI=1S/C7H6BrF/c1-5-2-6(8)4-7(9)3-5/h2-4H,1H3/i9-1. The average Bonchev–Trinajstić information content (AvgIpc) is 1.59. The summed E-state index contributed by atoms with van der Waals surface area (Å²) in [5.41, 5.74) is 0.932. The number of halogens is 2. The molecule has 0 atom stereocenters. The normalized spacial score (nSPS) is 9.67. The maximum Gasteiger partial charge on any atom is 0.124 e. The second-order valence-corrected chi connectivity index (χ2v) is 2.86. The van der Waals surface area contributed by atoms with E-state index in [-0.39, 0.29) is 5.82 Å². The van der Waals surface area contributed by atoms with Crippen molar-refractivity contribution >= 4 is 15.9 Å². The minimum atomic E-state index is -0.193. The molecule has 48 valence electrons. The molecule has 0 aliphatic carbocycles. The van der Waals surface area contributed by atoms with Crippen molar-refractivity contribution < 1.29 is 4.39 Å². The Kier molecular flexibility index (Phi) is 1.86. The summed E-state index contributed by atoms with van der Waals surface area (Å²) >= 11 is 3.17. The fourth-order valence-electron chi connectivity index (χ4n) is 0.692. The van der Waals surface area contributed by atoms with Crippen LogP contribution in [0, 0.1) is 12.7 Å². The lowest BCUT2D eigenvalue weighted by atomic mass is 10.2. The average molecular weight is 188 g/mol. The van der Waals surface area contributed by atoms with Crippen LogP contribution in [-0.4, -0.2) is 0 Å². The van der Waals surface area contributed by atoms with E-state index in [0.717, 1.165) is 10.0 Å². The first-order valence-corrected chi connectivity index (χ1v) is 3.40. The lowest BCUT2D eigenvalue weighted by Gasteiger charge is -1.92. The van der Waals surface area contributed by atoms with E-state index < -0.39 is 0 Å². The van der Waals surface area contributed by atoms with E-state index in [4.69, 9.17) is 0 Å². The van der Waals surface area contributed by atoms with E-state index in [0.29, 0.717) is 0 Å². The van der Waals surface area contributed by atoms with Gasteiger partial charge in [0.1, 0.15) is 5.82 Å². The van der Waals surface area contributed by atoms with Crippen LogP contribution >= 0.6 is 15.9 Å². The van der Waals surface area contributed by atoms with Crippen molar-refractivity contribution in [2.24, 2.45) is 0 Å². The summed E-state index contributed by atoms with van der Waals surface area (Å²) in [6.07, 6.45) is 0. The van der Waals surface area contributed by atoms with Crippen LogP contribution in [0.15, 0.2) is 22.7 Å². The van der Waals surface area contributed by atoms with Gasteiger partial charge in [0.05, 0.1) is 0 Å². The highest BCUT2D eigenvalue weighted by atomic mass is 79.9.